The fraction of sp³-hybridized carbons (Fsp3) is 0.370. The third kappa shape index (κ3) is 4.11. The summed E-state index contributed by atoms with van der Waals surface area (Å²) in [6.07, 6.45) is 7.85. The topological polar surface area (TPSA) is 58.6 Å². The zero-order valence-corrected chi connectivity index (χ0v) is 19.4. The lowest BCUT2D eigenvalue weighted by Crippen LogP contribution is -2.50. The second-order valence-corrected chi connectivity index (χ2v) is 9.51. The first kappa shape index (κ1) is 21.6. The van der Waals surface area contributed by atoms with Gasteiger partial charge in [-0.3, -0.25) is 9.97 Å². The van der Waals surface area contributed by atoms with Gasteiger partial charge in [-0.25, -0.2) is 4.79 Å². The van der Waals surface area contributed by atoms with Crippen LogP contribution in [0.4, 0.5) is 5.69 Å². The molecular formula is C27H30N4O2. The number of piperidine rings is 1. The van der Waals surface area contributed by atoms with E-state index in [9.17, 15) is 4.79 Å². The molecule has 2 aliphatic rings. The number of pyridine rings is 2. The van der Waals surface area contributed by atoms with Gasteiger partial charge in [0.1, 0.15) is 0 Å². The quantitative estimate of drug-likeness (QED) is 0.553. The van der Waals surface area contributed by atoms with Gasteiger partial charge in [-0.05, 0) is 63.7 Å². The first-order valence-corrected chi connectivity index (χ1v) is 11.5. The van der Waals surface area contributed by atoms with Gasteiger partial charge in [0.2, 0.25) is 0 Å². The lowest BCUT2D eigenvalue weighted by molar-refractivity contribution is -0.00980. The van der Waals surface area contributed by atoms with Crippen molar-refractivity contribution in [2.24, 2.45) is 0 Å². The van der Waals surface area contributed by atoms with Crippen LogP contribution >= 0.6 is 0 Å². The monoisotopic (exact) mass is 442 g/mol. The SMILES string of the molecule is Cc1ccc2c(c1)C1CN(C)CCC1N2CC(C)(OC(=O)c1ccncc1)c1cccnc1. The Labute approximate surface area is 195 Å². The molecule has 33 heavy (non-hydrogen) atoms. The zero-order valence-electron chi connectivity index (χ0n) is 19.4. The second-order valence-electron chi connectivity index (χ2n) is 9.51. The van der Waals surface area contributed by atoms with Crippen LogP contribution in [0.1, 0.15) is 46.3 Å². The van der Waals surface area contributed by atoms with Crippen molar-refractivity contribution in [2.75, 3.05) is 31.6 Å². The van der Waals surface area contributed by atoms with Gasteiger partial charge >= 0.3 is 5.97 Å². The first-order chi connectivity index (χ1) is 15.9. The lowest BCUT2D eigenvalue weighted by Gasteiger charge is -2.41. The number of aromatic nitrogens is 2. The number of nitrogens with zero attached hydrogens (tertiary/aromatic N) is 4. The number of hydrogen-bond donors (Lipinski definition) is 0. The number of carbonyl (C=O) groups is 1. The minimum atomic E-state index is -0.866. The number of hydrogen-bond acceptors (Lipinski definition) is 6. The summed E-state index contributed by atoms with van der Waals surface area (Å²) in [6, 6.07) is 14.4. The fourth-order valence-electron chi connectivity index (χ4n) is 5.33. The van der Waals surface area contributed by atoms with Gasteiger partial charge in [-0.15, -0.1) is 0 Å². The molecule has 170 valence electrons. The van der Waals surface area contributed by atoms with E-state index in [1.807, 2.05) is 19.1 Å². The van der Waals surface area contributed by atoms with Gasteiger partial charge in [-0.1, -0.05) is 23.8 Å². The summed E-state index contributed by atoms with van der Waals surface area (Å²) >= 11 is 0. The highest BCUT2D eigenvalue weighted by molar-refractivity contribution is 5.89. The Balaban J connectivity index is 1.52. The summed E-state index contributed by atoms with van der Waals surface area (Å²) in [7, 11) is 2.20. The van der Waals surface area contributed by atoms with E-state index < -0.39 is 5.60 Å². The van der Waals surface area contributed by atoms with Crippen molar-refractivity contribution in [1.29, 1.82) is 0 Å². The Kier molecular flexibility index (Phi) is 5.62. The average molecular weight is 443 g/mol. The Bertz CT molecular complexity index is 1140. The number of likely N-dealkylation sites (N-methyl/N-ethyl adjacent to an activating group) is 1. The summed E-state index contributed by atoms with van der Waals surface area (Å²) in [5.41, 5.74) is 4.45. The van der Waals surface area contributed by atoms with Crippen LogP contribution in [-0.4, -0.2) is 53.6 Å². The summed E-state index contributed by atoms with van der Waals surface area (Å²) in [4.78, 5) is 26.4. The Morgan fingerprint density at radius 1 is 1.15 bits per heavy atom. The summed E-state index contributed by atoms with van der Waals surface area (Å²) < 4.78 is 6.25. The Hall–Kier alpha value is -3.25. The molecule has 0 saturated carbocycles. The summed E-state index contributed by atoms with van der Waals surface area (Å²) in [6.45, 7) is 6.82. The smallest absolute Gasteiger partial charge is 0.339 e. The number of fused-ring (bicyclic) bond motifs is 3. The van der Waals surface area contributed by atoms with Crippen molar-refractivity contribution in [3.8, 4) is 0 Å². The molecule has 6 nitrogen and oxygen atoms in total. The zero-order chi connectivity index (χ0) is 23.0. The van der Waals surface area contributed by atoms with Crippen LogP contribution in [0.3, 0.4) is 0 Å². The van der Waals surface area contributed by atoms with E-state index in [2.05, 4.69) is 51.9 Å². The molecule has 0 spiro atoms. The molecule has 4 heterocycles. The fourth-order valence-corrected chi connectivity index (χ4v) is 5.33. The molecule has 0 N–H and O–H groups in total. The van der Waals surface area contributed by atoms with Crippen molar-refractivity contribution in [2.45, 2.75) is 37.8 Å². The maximum Gasteiger partial charge on any atom is 0.339 e. The number of aryl methyl sites for hydroxylation is 1. The van der Waals surface area contributed by atoms with Crippen LogP contribution in [0.25, 0.3) is 0 Å². The molecule has 1 aromatic carbocycles. The molecule has 2 aliphatic heterocycles. The van der Waals surface area contributed by atoms with Crippen LogP contribution in [-0.2, 0) is 10.3 Å². The van der Waals surface area contributed by atoms with Crippen molar-refractivity contribution < 1.29 is 9.53 Å². The van der Waals surface area contributed by atoms with Gasteiger partial charge < -0.3 is 14.5 Å². The maximum atomic E-state index is 13.1. The Morgan fingerprint density at radius 3 is 2.73 bits per heavy atom. The van der Waals surface area contributed by atoms with E-state index in [0.717, 1.165) is 25.1 Å². The number of anilines is 1. The van der Waals surface area contributed by atoms with Crippen LogP contribution < -0.4 is 4.90 Å². The van der Waals surface area contributed by atoms with Crippen molar-refractivity contribution in [3.63, 3.8) is 0 Å². The molecule has 1 fully saturated rings. The minimum Gasteiger partial charge on any atom is -0.449 e. The van der Waals surface area contributed by atoms with E-state index in [-0.39, 0.29) is 5.97 Å². The Morgan fingerprint density at radius 2 is 1.97 bits per heavy atom. The number of esters is 1. The van der Waals surface area contributed by atoms with E-state index >= 15 is 0 Å². The van der Waals surface area contributed by atoms with Crippen molar-refractivity contribution in [1.82, 2.24) is 14.9 Å². The molecule has 0 radical (unpaired) electrons. The highest BCUT2D eigenvalue weighted by Crippen LogP contribution is 2.46. The standard InChI is InChI=1S/C27H30N4O2/c1-19-6-7-24-22(15-19)23-17-30(3)14-10-25(23)31(24)18-27(2,21-5-4-11-29-16-21)33-26(32)20-8-12-28-13-9-20/h4-9,11-13,15-16,23,25H,10,14,17-18H2,1-3H3. The van der Waals surface area contributed by atoms with Crippen molar-refractivity contribution in [3.05, 3.63) is 89.5 Å². The third-order valence-corrected chi connectivity index (χ3v) is 7.05. The third-order valence-electron chi connectivity index (χ3n) is 7.05. The predicted octanol–water partition coefficient (Wildman–Crippen LogP) is 4.17. The van der Waals surface area contributed by atoms with Gasteiger partial charge in [0.15, 0.2) is 5.60 Å². The number of rotatable bonds is 5. The molecular weight excluding hydrogens is 412 g/mol. The highest BCUT2D eigenvalue weighted by atomic mass is 16.6. The molecule has 6 heteroatoms. The lowest BCUT2D eigenvalue weighted by atomic mass is 9.88. The number of likely N-dealkylation sites (tertiary alicyclic amines) is 1. The molecule has 3 unspecified atom stereocenters. The van der Waals surface area contributed by atoms with E-state index in [1.165, 1.54) is 16.8 Å². The first-order valence-electron chi connectivity index (χ1n) is 11.5. The molecule has 3 aromatic rings. The molecule has 0 aliphatic carbocycles. The molecule has 0 amide bonds. The van der Waals surface area contributed by atoms with Crippen LogP contribution in [0.2, 0.25) is 0 Å². The predicted molar refractivity (Wildman–Crippen MR) is 128 cm³/mol. The highest BCUT2D eigenvalue weighted by Gasteiger charge is 2.45. The number of ether oxygens (including phenoxy) is 1. The van der Waals surface area contributed by atoms with Gasteiger partial charge in [0.05, 0.1) is 12.1 Å². The number of benzene rings is 1. The molecule has 2 aromatic heterocycles. The van der Waals surface area contributed by atoms with E-state index in [1.54, 1.807) is 36.9 Å². The normalized spacial score (nSPS) is 21.7. The second kappa shape index (κ2) is 8.60. The summed E-state index contributed by atoms with van der Waals surface area (Å²) in [5.74, 6) is 0.0969. The molecule has 5 rings (SSSR count). The largest absolute Gasteiger partial charge is 0.449 e. The van der Waals surface area contributed by atoms with Gasteiger partial charge in [0.25, 0.3) is 0 Å². The van der Waals surface area contributed by atoms with Gasteiger partial charge in [0, 0.05) is 54.5 Å². The van der Waals surface area contributed by atoms with Crippen LogP contribution in [0.15, 0.2) is 67.3 Å². The molecule has 3 atom stereocenters. The minimum absolute atomic E-state index is 0.355. The molecule has 0 bridgehead atoms. The average Bonchev–Trinajstić information content (AvgIpc) is 3.11. The number of carbonyl (C=O) groups excluding carboxylic acids is 1. The van der Waals surface area contributed by atoms with Crippen LogP contribution in [0.5, 0.6) is 0 Å². The van der Waals surface area contributed by atoms with E-state index in [4.69, 9.17) is 4.74 Å². The van der Waals surface area contributed by atoms with E-state index in [0.29, 0.717) is 24.1 Å². The van der Waals surface area contributed by atoms with Crippen LogP contribution in [0, 0.1) is 6.92 Å². The molecule has 1 saturated heterocycles. The van der Waals surface area contributed by atoms with Crippen molar-refractivity contribution >= 4 is 11.7 Å². The van der Waals surface area contributed by atoms with Gasteiger partial charge in [-0.2, -0.15) is 0 Å². The summed E-state index contributed by atoms with van der Waals surface area (Å²) in [5, 5.41) is 0. The maximum absolute atomic E-state index is 13.1.